The van der Waals surface area contributed by atoms with Crippen molar-refractivity contribution in [1.29, 1.82) is 0 Å². The van der Waals surface area contributed by atoms with Gasteiger partial charge in [-0.25, -0.2) is 0 Å². The molecule has 22 heavy (non-hydrogen) atoms. The molecule has 1 amide bonds. The fraction of sp³-hybridized carbons (Fsp3) is 0.267. The molecule has 0 aliphatic heterocycles. The number of amides is 1. The van der Waals surface area contributed by atoms with E-state index in [4.69, 9.17) is 0 Å². The summed E-state index contributed by atoms with van der Waals surface area (Å²) in [7, 11) is 3.89. The Kier molecular flexibility index (Phi) is 5.71. The molecule has 116 valence electrons. The van der Waals surface area contributed by atoms with Crippen LogP contribution in [-0.2, 0) is 0 Å². The molecule has 0 atom stereocenters. The van der Waals surface area contributed by atoms with Crippen LogP contribution in [0.2, 0.25) is 0 Å². The van der Waals surface area contributed by atoms with Gasteiger partial charge in [-0.15, -0.1) is 5.10 Å². The fourth-order valence-corrected chi connectivity index (χ4v) is 2.19. The summed E-state index contributed by atoms with van der Waals surface area (Å²) in [6, 6.07) is 9.19. The van der Waals surface area contributed by atoms with E-state index >= 15 is 0 Å². The van der Waals surface area contributed by atoms with E-state index in [1.165, 1.54) is 0 Å². The lowest BCUT2D eigenvalue weighted by atomic mass is 10.2. The maximum absolute atomic E-state index is 12.0. The lowest BCUT2D eigenvalue weighted by molar-refractivity contribution is 0.0955. The van der Waals surface area contributed by atoms with Crippen molar-refractivity contribution in [2.45, 2.75) is 0 Å². The topological polar surface area (TPSA) is 70.2 Å². The van der Waals surface area contributed by atoms with Crippen LogP contribution in [0.15, 0.2) is 41.0 Å². The van der Waals surface area contributed by atoms with E-state index in [1.807, 2.05) is 37.2 Å². The first kappa shape index (κ1) is 16.2. The molecule has 2 rings (SSSR count). The minimum Gasteiger partial charge on any atom is -0.376 e. The molecule has 0 fully saturated rings. The van der Waals surface area contributed by atoms with Crippen molar-refractivity contribution in [1.82, 2.24) is 15.5 Å². The van der Waals surface area contributed by atoms with Crippen molar-refractivity contribution in [3.63, 3.8) is 0 Å². The first-order valence-corrected chi connectivity index (χ1v) is 7.63. The second-order valence-electron chi connectivity index (χ2n) is 4.89. The maximum atomic E-state index is 12.0. The van der Waals surface area contributed by atoms with E-state index in [2.05, 4.69) is 36.8 Å². The molecule has 0 saturated carbocycles. The molecule has 0 saturated heterocycles. The van der Waals surface area contributed by atoms with Gasteiger partial charge < -0.3 is 15.5 Å². The van der Waals surface area contributed by atoms with Gasteiger partial charge in [-0.2, -0.15) is 5.10 Å². The molecule has 0 radical (unpaired) electrons. The molecule has 0 aliphatic carbocycles. The summed E-state index contributed by atoms with van der Waals surface area (Å²) in [5.74, 6) is 0.583. The van der Waals surface area contributed by atoms with E-state index in [0.29, 0.717) is 24.5 Å². The van der Waals surface area contributed by atoms with Crippen LogP contribution in [0, 0.1) is 0 Å². The van der Waals surface area contributed by atoms with E-state index in [-0.39, 0.29) is 5.91 Å². The van der Waals surface area contributed by atoms with Crippen LogP contribution < -0.4 is 15.5 Å². The van der Waals surface area contributed by atoms with Gasteiger partial charge in [0.1, 0.15) is 0 Å². The number of nitrogens with zero attached hydrogens (tertiary/aromatic N) is 3. The third kappa shape index (κ3) is 4.70. The van der Waals surface area contributed by atoms with Crippen molar-refractivity contribution in [3.05, 3.63) is 46.6 Å². The van der Waals surface area contributed by atoms with Gasteiger partial charge in [-0.05, 0) is 18.2 Å². The summed E-state index contributed by atoms with van der Waals surface area (Å²) < 4.78 is 0.883. The van der Waals surface area contributed by atoms with Crippen LogP contribution >= 0.6 is 15.9 Å². The standard InChI is InChI=1S/C15H18BrN5O/c1-21(2)13-9-14(20-19-10-13)17-6-7-18-15(22)11-4-3-5-12(16)8-11/h3-5,8-10H,6-7H2,1-2H3,(H,17,20)(H,18,22). The smallest absolute Gasteiger partial charge is 0.251 e. The van der Waals surface area contributed by atoms with Gasteiger partial charge in [0, 0.05) is 43.3 Å². The number of hydrogen-bond donors (Lipinski definition) is 2. The summed E-state index contributed by atoms with van der Waals surface area (Å²) in [5, 5.41) is 13.9. The van der Waals surface area contributed by atoms with Gasteiger partial charge >= 0.3 is 0 Å². The molecular formula is C15H18BrN5O. The molecule has 2 aromatic rings. The monoisotopic (exact) mass is 363 g/mol. The van der Waals surface area contributed by atoms with E-state index in [0.717, 1.165) is 10.2 Å². The molecule has 0 spiro atoms. The number of benzene rings is 1. The Morgan fingerprint density at radius 2 is 2.09 bits per heavy atom. The lowest BCUT2D eigenvalue weighted by Gasteiger charge is -2.13. The molecule has 0 aliphatic rings. The zero-order valence-corrected chi connectivity index (χ0v) is 14.1. The van der Waals surface area contributed by atoms with E-state index in [1.54, 1.807) is 18.3 Å². The quantitative estimate of drug-likeness (QED) is 0.769. The lowest BCUT2D eigenvalue weighted by Crippen LogP contribution is -2.29. The van der Waals surface area contributed by atoms with Gasteiger partial charge in [-0.3, -0.25) is 4.79 Å². The zero-order valence-electron chi connectivity index (χ0n) is 12.5. The highest BCUT2D eigenvalue weighted by atomic mass is 79.9. The zero-order chi connectivity index (χ0) is 15.9. The predicted octanol–water partition coefficient (Wildman–Crippen LogP) is 2.15. The second-order valence-corrected chi connectivity index (χ2v) is 5.80. The van der Waals surface area contributed by atoms with Gasteiger partial charge in [0.05, 0.1) is 11.9 Å². The largest absolute Gasteiger partial charge is 0.376 e. The first-order valence-electron chi connectivity index (χ1n) is 6.84. The number of nitrogens with one attached hydrogen (secondary N) is 2. The third-order valence-corrected chi connectivity index (χ3v) is 3.45. The minimum absolute atomic E-state index is 0.101. The molecule has 1 aromatic heterocycles. The highest BCUT2D eigenvalue weighted by Gasteiger charge is 2.05. The molecule has 0 unspecified atom stereocenters. The van der Waals surface area contributed by atoms with Crippen molar-refractivity contribution in [3.8, 4) is 0 Å². The van der Waals surface area contributed by atoms with Gasteiger partial charge in [-0.1, -0.05) is 22.0 Å². The third-order valence-electron chi connectivity index (χ3n) is 2.96. The summed E-state index contributed by atoms with van der Waals surface area (Å²) in [6.07, 6.45) is 1.69. The van der Waals surface area contributed by atoms with Crippen LogP contribution in [0.4, 0.5) is 11.5 Å². The van der Waals surface area contributed by atoms with Crippen LogP contribution in [0.25, 0.3) is 0 Å². The SMILES string of the molecule is CN(C)c1cnnc(NCCNC(=O)c2cccc(Br)c2)c1. The molecule has 7 heteroatoms. The average molecular weight is 364 g/mol. The van der Waals surface area contributed by atoms with Crippen LogP contribution in [0.1, 0.15) is 10.4 Å². The summed E-state index contributed by atoms with van der Waals surface area (Å²) in [5.41, 5.74) is 1.60. The Bertz CT molecular complexity index is 647. The summed E-state index contributed by atoms with van der Waals surface area (Å²) >= 11 is 3.35. The normalized spacial score (nSPS) is 10.1. The number of hydrogen-bond acceptors (Lipinski definition) is 5. The van der Waals surface area contributed by atoms with Crippen molar-refractivity contribution in [2.75, 3.05) is 37.4 Å². The minimum atomic E-state index is -0.101. The molecule has 1 heterocycles. The van der Waals surface area contributed by atoms with E-state index in [9.17, 15) is 4.79 Å². The Morgan fingerprint density at radius 3 is 2.82 bits per heavy atom. The molecule has 0 bridgehead atoms. The van der Waals surface area contributed by atoms with Gasteiger partial charge in [0.2, 0.25) is 0 Å². The molecule has 1 aromatic carbocycles. The van der Waals surface area contributed by atoms with Gasteiger partial charge in [0.15, 0.2) is 5.82 Å². The van der Waals surface area contributed by atoms with E-state index < -0.39 is 0 Å². The Balaban J connectivity index is 1.80. The second kappa shape index (κ2) is 7.74. The van der Waals surface area contributed by atoms with Crippen molar-refractivity contribution in [2.24, 2.45) is 0 Å². The number of aromatic nitrogens is 2. The number of halogens is 1. The molecule has 6 nitrogen and oxygen atoms in total. The number of carbonyl (C=O) groups is 1. The Hall–Kier alpha value is -2.15. The summed E-state index contributed by atoms with van der Waals surface area (Å²) in [4.78, 5) is 13.9. The highest BCUT2D eigenvalue weighted by Crippen LogP contribution is 2.12. The molecular weight excluding hydrogens is 346 g/mol. The fourth-order valence-electron chi connectivity index (χ4n) is 1.79. The predicted molar refractivity (Wildman–Crippen MR) is 91.3 cm³/mol. The molecule has 2 N–H and O–H groups in total. The average Bonchev–Trinajstić information content (AvgIpc) is 2.51. The number of anilines is 2. The summed E-state index contributed by atoms with van der Waals surface area (Å²) in [6.45, 7) is 1.07. The highest BCUT2D eigenvalue weighted by molar-refractivity contribution is 9.10. The Morgan fingerprint density at radius 1 is 1.27 bits per heavy atom. The first-order chi connectivity index (χ1) is 10.6. The van der Waals surface area contributed by atoms with Crippen LogP contribution in [-0.4, -0.2) is 43.3 Å². The van der Waals surface area contributed by atoms with Gasteiger partial charge in [0.25, 0.3) is 5.91 Å². The number of rotatable bonds is 6. The van der Waals surface area contributed by atoms with Crippen LogP contribution in [0.3, 0.4) is 0 Å². The maximum Gasteiger partial charge on any atom is 0.251 e. The van der Waals surface area contributed by atoms with Crippen molar-refractivity contribution >= 4 is 33.3 Å². The van der Waals surface area contributed by atoms with Crippen molar-refractivity contribution < 1.29 is 4.79 Å². The number of carbonyl (C=O) groups excluding carboxylic acids is 1. The Labute approximate surface area is 138 Å². The van der Waals surface area contributed by atoms with Crippen LogP contribution in [0.5, 0.6) is 0 Å².